The number of nitrogens with one attached hydrogen (secondary N) is 4. The van der Waals surface area contributed by atoms with Crippen LogP contribution in [0.25, 0.3) is 33.2 Å². The number of likely N-dealkylation sites (tertiary alicyclic amines) is 2. The Hall–Kier alpha value is -11.0. The number of aromatic amines is 2. The first-order valence-corrected chi connectivity index (χ1v) is 49.9. The number of piperidine rings is 2. The van der Waals surface area contributed by atoms with Gasteiger partial charge in [-0.05, 0) is 246 Å². The van der Waals surface area contributed by atoms with Crippen molar-refractivity contribution in [2.24, 2.45) is 34.5 Å². The van der Waals surface area contributed by atoms with Gasteiger partial charge in [-0.25, -0.2) is 36.2 Å². The number of piperazine rings is 2. The van der Waals surface area contributed by atoms with E-state index >= 15 is 0 Å². The summed E-state index contributed by atoms with van der Waals surface area (Å²) in [4.78, 5) is 80.4. The highest BCUT2D eigenvalue weighted by Gasteiger charge is 2.39. The molecule has 28 nitrogen and oxygen atoms in total. The van der Waals surface area contributed by atoms with Gasteiger partial charge in [-0.1, -0.05) is 100 Å². The summed E-state index contributed by atoms with van der Waals surface area (Å²) in [6.07, 6.45) is 20.2. The molecular formula is C100H116Cl2N14O14S2. The third-order valence-electron chi connectivity index (χ3n) is 27.6. The second kappa shape index (κ2) is 39.7. The van der Waals surface area contributed by atoms with Crippen LogP contribution < -0.4 is 38.2 Å². The SMILES string of the molecule is C[C@@H]1CCCN(CC[C@@H]2COc3cc(S(=O)(=O)NC(=O)c4ccc(N5CCN(CC6=C(c7ccc(Cl)cc7)CC(C)(C)CC6)CC5)cc4Oc4cnc5[nH]ccc5c4)cc([N+](=O)[O-])c3C2)C1.C[C@H]1CCCN(CC[C@@H]2COc3cc(S(=O)(=O)NC(=O)c4ccc(N5CCN(CC6=C(c7ccc(Cl)cc7)CC(C)(C)CC6)CC5)cc4Oc4cnc5[nH]ccc5c4)cc([N+](=O)[O-])c3C2)C1. The molecule has 132 heavy (non-hydrogen) atoms. The summed E-state index contributed by atoms with van der Waals surface area (Å²) in [5, 5.41) is 27.9. The zero-order valence-corrected chi connectivity index (χ0v) is 78.9. The maximum absolute atomic E-state index is 14.1. The van der Waals surface area contributed by atoms with Crippen LogP contribution in [0.3, 0.4) is 0 Å². The van der Waals surface area contributed by atoms with Gasteiger partial charge in [-0.2, -0.15) is 0 Å². The average Bonchev–Trinajstić information content (AvgIpc) is 0.913. The molecular weight excluding hydrogens is 1760 g/mol. The first-order valence-electron chi connectivity index (χ1n) is 46.2. The molecule has 4 saturated heterocycles. The van der Waals surface area contributed by atoms with Crippen molar-refractivity contribution in [1.82, 2.24) is 49.0 Å². The fraction of sp³-hybridized carbons (Fsp3) is 0.440. The van der Waals surface area contributed by atoms with Crippen LogP contribution in [0.15, 0.2) is 179 Å². The number of nitrogens with zero attached hydrogens (tertiary/aromatic N) is 10. The molecule has 696 valence electrons. The molecule has 4 fully saturated rings. The number of pyridine rings is 2. The van der Waals surface area contributed by atoms with Gasteiger partial charge in [0.05, 0.1) is 67.5 Å². The second-order valence-electron chi connectivity index (χ2n) is 38.8. The number of H-pyrrole nitrogens is 2. The number of benzene rings is 6. The molecule has 2 amide bonds. The lowest BCUT2D eigenvalue weighted by atomic mass is 9.72. The van der Waals surface area contributed by atoms with Crippen LogP contribution >= 0.6 is 23.2 Å². The van der Waals surface area contributed by atoms with Crippen LogP contribution in [0, 0.1) is 54.7 Å². The highest BCUT2D eigenvalue weighted by atomic mass is 35.5. The first-order chi connectivity index (χ1) is 63.3. The normalized spacial score (nSPS) is 20.5. The third-order valence-corrected chi connectivity index (χ3v) is 30.7. The number of rotatable bonds is 26. The van der Waals surface area contributed by atoms with Gasteiger partial charge in [0.1, 0.15) is 45.8 Å². The van der Waals surface area contributed by atoms with Crippen molar-refractivity contribution in [3.63, 3.8) is 0 Å². The second-order valence-corrected chi connectivity index (χ2v) is 43.0. The maximum Gasteiger partial charge on any atom is 0.277 e. The first kappa shape index (κ1) is 92.9. The number of nitro benzene ring substituents is 2. The van der Waals surface area contributed by atoms with E-state index in [-0.39, 0.29) is 68.2 Å². The number of fused-ring (bicyclic) bond motifs is 4. The van der Waals surface area contributed by atoms with Crippen molar-refractivity contribution in [3.05, 3.63) is 233 Å². The molecule has 32 heteroatoms. The minimum Gasteiger partial charge on any atom is -0.493 e. The lowest BCUT2D eigenvalue weighted by Gasteiger charge is -2.39. The summed E-state index contributed by atoms with van der Waals surface area (Å²) in [6.45, 7) is 28.4. The Morgan fingerprint density at radius 2 is 0.924 bits per heavy atom. The predicted molar refractivity (Wildman–Crippen MR) is 514 cm³/mol. The predicted octanol–water partition coefficient (Wildman–Crippen LogP) is 19.0. The van der Waals surface area contributed by atoms with Crippen molar-refractivity contribution in [3.8, 4) is 34.5 Å². The zero-order valence-electron chi connectivity index (χ0n) is 75.7. The molecule has 0 saturated carbocycles. The van der Waals surface area contributed by atoms with E-state index in [1.807, 2.05) is 36.4 Å². The van der Waals surface area contributed by atoms with E-state index in [1.165, 1.54) is 70.8 Å². The number of aromatic nitrogens is 4. The van der Waals surface area contributed by atoms with Crippen LogP contribution in [0.5, 0.6) is 34.5 Å². The average molecular weight is 1870 g/mol. The van der Waals surface area contributed by atoms with Crippen molar-refractivity contribution in [2.75, 3.05) is 128 Å². The molecule has 0 unspecified atom stereocenters. The van der Waals surface area contributed by atoms with Gasteiger partial charge in [-0.3, -0.25) is 39.6 Å². The molecule has 10 aromatic rings. The highest BCUT2D eigenvalue weighted by molar-refractivity contribution is 7.90. The van der Waals surface area contributed by atoms with Gasteiger partial charge in [0.25, 0.3) is 43.2 Å². The van der Waals surface area contributed by atoms with Gasteiger partial charge in [0, 0.05) is 160 Å². The van der Waals surface area contributed by atoms with Crippen LogP contribution in [0.4, 0.5) is 22.7 Å². The molecule has 0 bridgehead atoms. The molecule has 4 aromatic heterocycles. The van der Waals surface area contributed by atoms with Gasteiger partial charge in [0.15, 0.2) is 0 Å². The molecule has 4 N–H and O–H groups in total. The Bertz CT molecular complexity index is 5910. The van der Waals surface area contributed by atoms with Crippen molar-refractivity contribution >= 4 is 111 Å². The zero-order chi connectivity index (χ0) is 92.3. The number of anilines is 2. The van der Waals surface area contributed by atoms with Crippen molar-refractivity contribution in [1.29, 1.82) is 0 Å². The van der Waals surface area contributed by atoms with Gasteiger partial charge in [0.2, 0.25) is 0 Å². The lowest BCUT2D eigenvalue weighted by Crippen LogP contribution is -2.47. The number of hydrogen-bond acceptors (Lipinski definition) is 22. The van der Waals surface area contributed by atoms with Crippen LogP contribution in [0.1, 0.15) is 162 Å². The summed E-state index contributed by atoms with van der Waals surface area (Å²) in [6, 6.07) is 38.5. The molecule has 2 aliphatic carbocycles. The summed E-state index contributed by atoms with van der Waals surface area (Å²) < 4.78 is 85.0. The number of allylic oxidation sites excluding steroid dienone is 2. The number of amides is 2. The van der Waals surface area contributed by atoms with Gasteiger partial charge < -0.3 is 48.5 Å². The topological polar surface area (TPSA) is 326 Å². The molecule has 6 aromatic carbocycles. The minimum atomic E-state index is -4.62. The van der Waals surface area contributed by atoms with Gasteiger partial charge >= 0.3 is 0 Å². The summed E-state index contributed by atoms with van der Waals surface area (Å²) in [5.41, 5.74) is 11.6. The number of sulfonamides is 2. The maximum atomic E-state index is 14.1. The Labute approximate surface area is 781 Å². The molecule has 4 atom stereocenters. The van der Waals surface area contributed by atoms with E-state index in [4.69, 9.17) is 42.1 Å². The Morgan fingerprint density at radius 3 is 1.31 bits per heavy atom. The monoisotopic (exact) mass is 1870 g/mol. The number of carbonyl (C=O) groups excluding carboxylic acids is 2. The van der Waals surface area contributed by atoms with E-state index in [0.717, 1.165) is 213 Å². The smallest absolute Gasteiger partial charge is 0.277 e. The summed E-state index contributed by atoms with van der Waals surface area (Å²) >= 11 is 12.5. The Kier molecular flexibility index (Phi) is 27.9. The molecule has 6 aliphatic heterocycles. The number of nitro groups is 2. The van der Waals surface area contributed by atoms with E-state index < -0.39 is 51.5 Å². The van der Waals surface area contributed by atoms with Crippen LogP contribution in [-0.4, -0.2) is 196 Å². The number of carbonyl (C=O) groups is 2. The van der Waals surface area contributed by atoms with Gasteiger partial charge in [-0.15, -0.1) is 0 Å². The summed E-state index contributed by atoms with van der Waals surface area (Å²) in [5.74, 6) is 0.738. The van der Waals surface area contributed by atoms with E-state index in [9.17, 15) is 46.7 Å². The Morgan fingerprint density at radius 1 is 0.523 bits per heavy atom. The van der Waals surface area contributed by atoms with E-state index in [1.54, 1.807) is 60.9 Å². The fourth-order valence-electron chi connectivity index (χ4n) is 20.1. The standard InChI is InChI=1S/2C50H58ClN7O7S/c2*1-33-5-4-17-55(30-33)18-14-34-23-43-45(58(60)61)26-41(27-46(43)64-32-34)66(62,63)54-49(59)42-11-10-39(25-47(42)65-40-24-36-13-16-52-48(36)53-29-40)57-21-19-56(20-22-57)31-37-12-15-50(2,3)28-44(37)35-6-8-38(51)9-7-35/h2*6-11,13,16,24-27,29,33-34H,4-5,12,14-15,17-23,28,30-32H2,1-3H3,(H,52,53)(H,54,59)/t33-,34+;33-,34-/m10/s1. The van der Waals surface area contributed by atoms with Crippen molar-refractivity contribution in [2.45, 2.75) is 141 Å². The van der Waals surface area contributed by atoms with E-state index in [0.29, 0.717) is 71.8 Å². The molecule has 8 aliphatic rings. The number of hydrogen-bond donors (Lipinski definition) is 4. The molecule has 10 heterocycles. The van der Waals surface area contributed by atoms with E-state index in [2.05, 4.69) is 125 Å². The quantitative estimate of drug-likeness (QED) is 0.0289. The highest BCUT2D eigenvalue weighted by Crippen LogP contribution is 2.48. The molecule has 0 radical (unpaired) electrons. The molecule has 18 rings (SSSR count). The largest absolute Gasteiger partial charge is 0.493 e. The number of halogens is 2. The van der Waals surface area contributed by atoms with Crippen LogP contribution in [0.2, 0.25) is 10.0 Å². The fourth-order valence-corrected chi connectivity index (χ4v) is 22.4. The Balaban J connectivity index is 0.000000184. The lowest BCUT2D eigenvalue weighted by molar-refractivity contribution is -0.386. The van der Waals surface area contributed by atoms with Crippen LogP contribution in [-0.2, 0) is 32.9 Å². The minimum absolute atomic E-state index is 0.0355. The number of ether oxygens (including phenoxy) is 4. The third kappa shape index (κ3) is 22.2. The van der Waals surface area contributed by atoms with Crippen molar-refractivity contribution < 1.29 is 55.2 Å². The summed E-state index contributed by atoms with van der Waals surface area (Å²) in [7, 11) is -9.24. The molecule has 0 spiro atoms.